The molecule has 0 spiro atoms. The maximum Gasteiger partial charge on any atom is 0.405 e. The van der Waals surface area contributed by atoms with E-state index in [1.54, 1.807) is 12.1 Å². The van der Waals surface area contributed by atoms with E-state index in [1.165, 1.54) is 6.07 Å². The molecule has 0 bridgehead atoms. The molecule has 1 aliphatic carbocycles. The number of non-ortho nitro benzene ring substituents is 1. The Labute approximate surface area is 158 Å². The number of nitrogens with two attached hydrogens (primary N) is 1. The summed E-state index contributed by atoms with van der Waals surface area (Å²) >= 11 is 0. The van der Waals surface area contributed by atoms with E-state index >= 15 is 0 Å². The van der Waals surface area contributed by atoms with Crippen LogP contribution in [0.2, 0.25) is 0 Å². The SMILES string of the molecule is CC(C)(C)CC1(OC(N)=O)CCCC(c2c[nH]c3ccc([N+](=O)[O-])cc23)C1. The number of rotatable bonds is 4. The van der Waals surface area contributed by atoms with Crippen molar-refractivity contribution in [2.24, 2.45) is 11.1 Å². The Hall–Kier alpha value is -2.57. The molecule has 7 nitrogen and oxygen atoms in total. The average Bonchev–Trinajstić information content (AvgIpc) is 2.95. The first-order valence-corrected chi connectivity index (χ1v) is 9.32. The predicted molar refractivity (Wildman–Crippen MR) is 104 cm³/mol. The van der Waals surface area contributed by atoms with Gasteiger partial charge in [-0.3, -0.25) is 10.1 Å². The summed E-state index contributed by atoms with van der Waals surface area (Å²) in [4.78, 5) is 25.6. The van der Waals surface area contributed by atoms with Crippen LogP contribution in [-0.4, -0.2) is 21.6 Å². The van der Waals surface area contributed by atoms with Crippen LogP contribution < -0.4 is 5.73 Å². The van der Waals surface area contributed by atoms with Crippen LogP contribution in [0.25, 0.3) is 10.9 Å². The summed E-state index contributed by atoms with van der Waals surface area (Å²) in [6, 6.07) is 4.86. The second-order valence-corrected chi connectivity index (χ2v) is 8.87. The fourth-order valence-electron chi connectivity index (χ4n) is 4.64. The lowest BCUT2D eigenvalue weighted by molar-refractivity contribution is -0.384. The van der Waals surface area contributed by atoms with Gasteiger partial charge in [-0.2, -0.15) is 0 Å². The minimum absolute atomic E-state index is 0.0175. The number of nitro benzene ring substituents is 1. The van der Waals surface area contributed by atoms with Crippen molar-refractivity contribution < 1.29 is 14.5 Å². The Kier molecular flexibility index (Phi) is 4.88. The highest BCUT2D eigenvalue weighted by Gasteiger charge is 2.43. The van der Waals surface area contributed by atoms with Crippen LogP contribution in [0.1, 0.15) is 64.4 Å². The number of carbonyl (C=O) groups is 1. The van der Waals surface area contributed by atoms with Gasteiger partial charge in [-0.05, 0) is 55.1 Å². The minimum atomic E-state index is -0.741. The Balaban J connectivity index is 1.97. The van der Waals surface area contributed by atoms with Crippen molar-refractivity contribution in [2.75, 3.05) is 0 Å². The van der Waals surface area contributed by atoms with Gasteiger partial charge in [-0.1, -0.05) is 20.8 Å². The van der Waals surface area contributed by atoms with Gasteiger partial charge in [-0.15, -0.1) is 0 Å². The summed E-state index contributed by atoms with van der Waals surface area (Å²) in [6.45, 7) is 6.37. The van der Waals surface area contributed by atoms with Gasteiger partial charge in [0.1, 0.15) is 5.60 Å². The third-order valence-corrected chi connectivity index (χ3v) is 5.32. The van der Waals surface area contributed by atoms with E-state index in [-0.39, 0.29) is 21.9 Å². The van der Waals surface area contributed by atoms with Crippen molar-refractivity contribution >= 4 is 22.7 Å². The van der Waals surface area contributed by atoms with Crippen LogP contribution in [0, 0.1) is 15.5 Å². The quantitative estimate of drug-likeness (QED) is 0.580. The lowest BCUT2D eigenvalue weighted by atomic mass is 9.69. The topological polar surface area (TPSA) is 111 Å². The Morgan fingerprint density at radius 1 is 1.44 bits per heavy atom. The molecule has 7 heteroatoms. The van der Waals surface area contributed by atoms with Crippen LogP contribution in [0.5, 0.6) is 0 Å². The number of hydrogen-bond donors (Lipinski definition) is 2. The first-order chi connectivity index (χ1) is 12.6. The van der Waals surface area contributed by atoms with Gasteiger partial charge < -0.3 is 15.5 Å². The normalized spacial score (nSPS) is 23.3. The lowest BCUT2D eigenvalue weighted by Crippen LogP contribution is -2.43. The largest absolute Gasteiger partial charge is 0.443 e. The number of aromatic nitrogens is 1. The number of carbonyl (C=O) groups excluding carboxylic acids is 1. The van der Waals surface area contributed by atoms with Crippen molar-refractivity contribution in [1.82, 2.24) is 4.98 Å². The Morgan fingerprint density at radius 3 is 2.81 bits per heavy atom. The van der Waals surface area contributed by atoms with Crippen LogP contribution in [-0.2, 0) is 4.74 Å². The lowest BCUT2D eigenvalue weighted by Gasteiger charge is -2.43. The molecular formula is C20H27N3O4. The summed E-state index contributed by atoms with van der Waals surface area (Å²) in [5.41, 5.74) is 6.77. The molecule has 1 fully saturated rings. The first kappa shape index (κ1) is 19.2. The van der Waals surface area contributed by atoms with Crippen molar-refractivity contribution in [3.05, 3.63) is 40.1 Å². The third-order valence-electron chi connectivity index (χ3n) is 5.32. The standard InChI is InChI=1S/C20H27N3O4/c1-19(2,3)12-20(27-18(21)24)8-4-5-13(10-20)16-11-22-17-7-6-14(23(25)26)9-15(16)17/h6-7,9,11,13,22H,4-5,8,10,12H2,1-3H3,(H2,21,24). The van der Waals surface area contributed by atoms with E-state index in [9.17, 15) is 14.9 Å². The van der Waals surface area contributed by atoms with E-state index in [4.69, 9.17) is 10.5 Å². The molecule has 146 valence electrons. The maximum absolute atomic E-state index is 11.6. The van der Waals surface area contributed by atoms with Gasteiger partial charge in [0.2, 0.25) is 0 Å². The Bertz CT molecular complexity index is 868. The highest BCUT2D eigenvalue weighted by Crippen LogP contribution is 2.47. The second-order valence-electron chi connectivity index (χ2n) is 8.87. The molecule has 3 N–H and O–H groups in total. The minimum Gasteiger partial charge on any atom is -0.443 e. The predicted octanol–water partition coefficient (Wildman–Crippen LogP) is 5.00. The highest BCUT2D eigenvalue weighted by atomic mass is 16.6. The van der Waals surface area contributed by atoms with Gasteiger partial charge in [0.25, 0.3) is 5.69 Å². The highest BCUT2D eigenvalue weighted by molar-refractivity contribution is 5.86. The van der Waals surface area contributed by atoms with E-state index < -0.39 is 11.7 Å². The molecule has 1 heterocycles. The van der Waals surface area contributed by atoms with Gasteiger partial charge in [0, 0.05) is 29.2 Å². The Morgan fingerprint density at radius 2 is 2.19 bits per heavy atom. The summed E-state index contributed by atoms with van der Waals surface area (Å²) in [5.74, 6) is 0.149. The van der Waals surface area contributed by atoms with Crippen molar-refractivity contribution in [3.8, 4) is 0 Å². The van der Waals surface area contributed by atoms with Crippen molar-refractivity contribution in [3.63, 3.8) is 0 Å². The summed E-state index contributed by atoms with van der Waals surface area (Å²) in [7, 11) is 0. The molecule has 2 aromatic rings. The van der Waals surface area contributed by atoms with Crippen LogP contribution in [0.4, 0.5) is 10.5 Å². The molecule has 1 aliphatic rings. The molecule has 2 unspecified atom stereocenters. The number of nitro groups is 1. The molecule has 3 rings (SSSR count). The molecular weight excluding hydrogens is 346 g/mol. The number of nitrogens with one attached hydrogen (secondary N) is 1. The third kappa shape index (κ3) is 4.23. The maximum atomic E-state index is 11.6. The number of nitrogens with zero attached hydrogens (tertiary/aromatic N) is 1. The van der Waals surface area contributed by atoms with E-state index in [1.807, 2.05) is 6.20 Å². The number of hydrogen-bond acceptors (Lipinski definition) is 4. The fourth-order valence-corrected chi connectivity index (χ4v) is 4.64. The summed E-state index contributed by atoms with van der Waals surface area (Å²) in [6.07, 6.45) is 5.22. The second kappa shape index (κ2) is 6.87. The van der Waals surface area contributed by atoms with E-state index in [2.05, 4.69) is 25.8 Å². The molecule has 0 radical (unpaired) electrons. The summed E-state index contributed by atoms with van der Waals surface area (Å²) in [5, 5.41) is 12.0. The fraction of sp³-hybridized carbons (Fsp3) is 0.550. The van der Waals surface area contributed by atoms with Gasteiger partial charge >= 0.3 is 6.09 Å². The molecule has 0 aliphatic heterocycles. The number of benzene rings is 1. The van der Waals surface area contributed by atoms with Crippen LogP contribution in [0.15, 0.2) is 24.4 Å². The molecule has 1 aromatic carbocycles. The summed E-state index contributed by atoms with van der Waals surface area (Å²) < 4.78 is 5.68. The first-order valence-electron chi connectivity index (χ1n) is 9.32. The van der Waals surface area contributed by atoms with Crippen LogP contribution >= 0.6 is 0 Å². The van der Waals surface area contributed by atoms with E-state index in [0.29, 0.717) is 6.42 Å². The molecule has 1 saturated carbocycles. The smallest absolute Gasteiger partial charge is 0.405 e. The molecule has 1 aromatic heterocycles. The van der Waals surface area contributed by atoms with Crippen molar-refractivity contribution in [1.29, 1.82) is 0 Å². The van der Waals surface area contributed by atoms with E-state index in [0.717, 1.165) is 42.1 Å². The monoisotopic (exact) mass is 373 g/mol. The van der Waals surface area contributed by atoms with Crippen LogP contribution in [0.3, 0.4) is 0 Å². The number of H-pyrrole nitrogens is 1. The number of fused-ring (bicyclic) bond motifs is 1. The molecule has 2 atom stereocenters. The number of amides is 1. The van der Waals surface area contributed by atoms with Crippen molar-refractivity contribution in [2.45, 2.75) is 64.4 Å². The zero-order valence-electron chi connectivity index (χ0n) is 16.1. The van der Waals surface area contributed by atoms with Gasteiger partial charge in [0.05, 0.1) is 4.92 Å². The van der Waals surface area contributed by atoms with Gasteiger partial charge in [0.15, 0.2) is 0 Å². The zero-order chi connectivity index (χ0) is 19.8. The number of primary amides is 1. The van der Waals surface area contributed by atoms with Gasteiger partial charge in [-0.25, -0.2) is 4.79 Å². The number of aromatic amines is 1. The molecule has 1 amide bonds. The zero-order valence-corrected chi connectivity index (χ0v) is 16.1. The average molecular weight is 373 g/mol. The molecule has 27 heavy (non-hydrogen) atoms. The number of ether oxygens (including phenoxy) is 1. The molecule has 0 saturated heterocycles.